The van der Waals surface area contributed by atoms with E-state index in [9.17, 15) is 9.59 Å². The van der Waals surface area contributed by atoms with Gasteiger partial charge in [0, 0.05) is 0 Å². The van der Waals surface area contributed by atoms with Crippen molar-refractivity contribution in [3.05, 3.63) is 58.6 Å². The Morgan fingerprint density at radius 2 is 1.60 bits per heavy atom. The van der Waals surface area contributed by atoms with Gasteiger partial charge in [-0.2, -0.15) is 0 Å². The summed E-state index contributed by atoms with van der Waals surface area (Å²) in [6, 6.07) is 12.1. The Hall–Kier alpha value is -3.59. The van der Waals surface area contributed by atoms with Crippen LogP contribution in [-0.2, 0) is 0 Å². The van der Waals surface area contributed by atoms with Crippen molar-refractivity contribution in [3.8, 4) is 11.5 Å². The van der Waals surface area contributed by atoms with Crippen LogP contribution < -0.4 is 25.4 Å². The normalized spacial score (nSPS) is 10.3. The molecule has 0 aliphatic rings. The first-order chi connectivity index (χ1) is 14.4. The summed E-state index contributed by atoms with van der Waals surface area (Å²) in [4.78, 5) is 29.7. The highest BCUT2D eigenvalue weighted by molar-refractivity contribution is 7.17. The molecule has 0 unspecified atom stereocenters. The summed E-state index contributed by atoms with van der Waals surface area (Å²) in [5.41, 5.74) is 2.61. The summed E-state index contributed by atoms with van der Waals surface area (Å²) in [5, 5.41) is 8.49. The Morgan fingerprint density at radius 1 is 0.900 bits per heavy atom. The lowest BCUT2D eigenvalue weighted by Gasteiger charge is -2.10. The number of thiazole rings is 1. The third-order valence-corrected chi connectivity index (χ3v) is 5.26. The van der Waals surface area contributed by atoms with Gasteiger partial charge in [0.2, 0.25) is 0 Å². The minimum atomic E-state index is -0.486. The number of aromatic nitrogens is 1. The van der Waals surface area contributed by atoms with Crippen LogP contribution in [0.4, 0.5) is 21.3 Å². The van der Waals surface area contributed by atoms with Crippen LogP contribution in [0.1, 0.15) is 20.9 Å². The van der Waals surface area contributed by atoms with E-state index in [2.05, 4.69) is 20.9 Å². The molecule has 0 fully saturated rings. The molecule has 3 N–H and O–H groups in total. The molecule has 0 spiro atoms. The van der Waals surface area contributed by atoms with Gasteiger partial charge in [-0.1, -0.05) is 29.5 Å². The van der Waals surface area contributed by atoms with Gasteiger partial charge in [-0.15, -0.1) is 0 Å². The van der Waals surface area contributed by atoms with E-state index < -0.39 is 6.03 Å². The van der Waals surface area contributed by atoms with Crippen molar-refractivity contribution in [2.75, 3.05) is 30.2 Å². The molecule has 0 aliphatic carbocycles. The molecular formula is C21H22N4O4S. The number of carbonyl (C=O) groups excluding carboxylic acids is 2. The van der Waals surface area contributed by atoms with Crippen LogP contribution in [0.3, 0.4) is 0 Å². The van der Waals surface area contributed by atoms with E-state index >= 15 is 0 Å². The van der Waals surface area contributed by atoms with Crippen LogP contribution in [-0.4, -0.2) is 31.1 Å². The number of aryl methyl sites for hydroxylation is 2. The molecule has 1 heterocycles. The van der Waals surface area contributed by atoms with Crippen molar-refractivity contribution in [2.24, 2.45) is 0 Å². The molecule has 3 aromatic rings. The van der Waals surface area contributed by atoms with Gasteiger partial charge in [0.25, 0.3) is 5.91 Å². The summed E-state index contributed by atoms with van der Waals surface area (Å²) in [5.74, 6) is 0.778. The SMILES string of the molecule is COc1ccccc1NC(=O)Nc1nc(C)c(C(=O)Nc2ccc(C)cc2OC)s1. The van der Waals surface area contributed by atoms with E-state index in [1.807, 2.05) is 19.1 Å². The number of hydrogen-bond donors (Lipinski definition) is 3. The van der Waals surface area contributed by atoms with Crippen LogP contribution in [0.5, 0.6) is 11.5 Å². The fourth-order valence-electron chi connectivity index (χ4n) is 2.74. The van der Waals surface area contributed by atoms with E-state index in [0.717, 1.165) is 16.9 Å². The average Bonchev–Trinajstić information content (AvgIpc) is 3.09. The highest BCUT2D eigenvalue weighted by Gasteiger charge is 2.18. The summed E-state index contributed by atoms with van der Waals surface area (Å²) >= 11 is 1.09. The van der Waals surface area contributed by atoms with Gasteiger partial charge in [0.1, 0.15) is 16.4 Å². The zero-order valence-corrected chi connectivity index (χ0v) is 17.8. The molecule has 0 atom stereocenters. The molecule has 0 saturated carbocycles. The number of rotatable bonds is 6. The highest BCUT2D eigenvalue weighted by Crippen LogP contribution is 2.29. The number of nitrogens with one attached hydrogen (secondary N) is 3. The number of amides is 3. The minimum absolute atomic E-state index is 0.306. The Bertz CT molecular complexity index is 1080. The molecule has 156 valence electrons. The first kappa shape index (κ1) is 21.1. The molecule has 1 aromatic heterocycles. The van der Waals surface area contributed by atoms with Crippen molar-refractivity contribution < 1.29 is 19.1 Å². The zero-order chi connectivity index (χ0) is 21.7. The third kappa shape index (κ3) is 4.87. The van der Waals surface area contributed by atoms with Crippen molar-refractivity contribution in [2.45, 2.75) is 13.8 Å². The van der Waals surface area contributed by atoms with E-state index in [0.29, 0.717) is 38.6 Å². The monoisotopic (exact) mass is 426 g/mol. The summed E-state index contributed by atoms with van der Waals surface area (Å²) in [6.07, 6.45) is 0. The largest absolute Gasteiger partial charge is 0.495 e. The molecule has 0 saturated heterocycles. The molecule has 30 heavy (non-hydrogen) atoms. The van der Waals surface area contributed by atoms with Gasteiger partial charge in [0.05, 0.1) is 31.3 Å². The Morgan fingerprint density at radius 3 is 2.33 bits per heavy atom. The van der Waals surface area contributed by atoms with Crippen LogP contribution >= 0.6 is 11.3 Å². The molecule has 9 heteroatoms. The number of methoxy groups -OCH3 is 2. The van der Waals surface area contributed by atoms with Gasteiger partial charge < -0.3 is 20.1 Å². The summed E-state index contributed by atoms with van der Waals surface area (Å²) in [7, 11) is 3.07. The zero-order valence-electron chi connectivity index (χ0n) is 17.0. The maximum Gasteiger partial charge on any atom is 0.325 e. The summed E-state index contributed by atoms with van der Waals surface area (Å²) < 4.78 is 10.5. The van der Waals surface area contributed by atoms with Crippen molar-refractivity contribution >= 4 is 39.8 Å². The van der Waals surface area contributed by atoms with Gasteiger partial charge in [0.15, 0.2) is 5.13 Å². The van der Waals surface area contributed by atoms with Gasteiger partial charge >= 0.3 is 6.03 Å². The van der Waals surface area contributed by atoms with E-state index in [4.69, 9.17) is 9.47 Å². The van der Waals surface area contributed by atoms with Crippen LogP contribution in [0.25, 0.3) is 0 Å². The van der Waals surface area contributed by atoms with Crippen molar-refractivity contribution in [1.29, 1.82) is 0 Å². The van der Waals surface area contributed by atoms with E-state index in [1.54, 1.807) is 44.4 Å². The lowest BCUT2D eigenvalue weighted by molar-refractivity contribution is 0.102. The number of nitrogens with zero attached hydrogens (tertiary/aromatic N) is 1. The third-order valence-electron chi connectivity index (χ3n) is 4.18. The number of urea groups is 1. The Kier molecular flexibility index (Phi) is 6.53. The fraction of sp³-hybridized carbons (Fsp3) is 0.190. The Labute approximate surface area is 178 Å². The molecule has 2 aromatic carbocycles. The van der Waals surface area contributed by atoms with Gasteiger partial charge in [-0.3, -0.25) is 10.1 Å². The fourth-order valence-corrected chi connectivity index (χ4v) is 3.60. The van der Waals surface area contributed by atoms with Crippen LogP contribution in [0, 0.1) is 13.8 Å². The highest BCUT2D eigenvalue weighted by atomic mass is 32.1. The molecule has 0 aliphatic heterocycles. The van der Waals surface area contributed by atoms with Crippen LogP contribution in [0.2, 0.25) is 0 Å². The molecule has 3 amide bonds. The number of carbonyl (C=O) groups is 2. The molecule has 0 radical (unpaired) electrons. The van der Waals surface area contributed by atoms with E-state index in [-0.39, 0.29) is 5.91 Å². The van der Waals surface area contributed by atoms with E-state index in [1.165, 1.54) is 7.11 Å². The lowest BCUT2D eigenvalue weighted by atomic mass is 10.2. The second kappa shape index (κ2) is 9.27. The quantitative estimate of drug-likeness (QED) is 0.531. The predicted octanol–water partition coefficient (Wildman–Crippen LogP) is 4.67. The average molecular weight is 426 g/mol. The van der Waals surface area contributed by atoms with Gasteiger partial charge in [-0.25, -0.2) is 9.78 Å². The second-order valence-electron chi connectivity index (χ2n) is 6.37. The van der Waals surface area contributed by atoms with Crippen LogP contribution in [0.15, 0.2) is 42.5 Å². The molecule has 8 nitrogen and oxygen atoms in total. The molecular weight excluding hydrogens is 404 g/mol. The predicted molar refractivity (Wildman–Crippen MR) is 118 cm³/mol. The molecule has 3 rings (SSSR count). The minimum Gasteiger partial charge on any atom is -0.495 e. The topological polar surface area (TPSA) is 102 Å². The number of ether oxygens (including phenoxy) is 2. The smallest absolute Gasteiger partial charge is 0.325 e. The first-order valence-electron chi connectivity index (χ1n) is 9.05. The molecule has 0 bridgehead atoms. The lowest BCUT2D eigenvalue weighted by Crippen LogP contribution is -2.19. The van der Waals surface area contributed by atoms with Gasteiger partial charge in [-0.05, 0) is 43.7 Å². The first-order valence-corrected chi connectivity index (χ1v) is 9.87. The number of para-hydroxylation sites is 2. The standard InChI is InChI=1S/C21H22N4O4S/c1-12-9-10-15(17(11-12)29-4)23-19(26)18-13(2)22-21(30-18)25-20(27)24-14-7-5-6-8-16(14)28-3/h5-11H,1-4H3,(H,23,26)(H2,22,24,25,27). The second-order valence-corrected chi connectivity index (χ2v) is 7.37. The summed E-state index contributed by atoms with van der Waals surface area (Å²) in [6.45, 7) is 3.65. The number of anilines is 3. The maximum atomic E-state index is 12.7. The van der Waals surface area contributed by atoms with Crippen molar-refractivity contribution in [3.63, 3.8) is 0 Å². The number of benzene rings is 2. The maximum absolute atomic E-state index is 12.7. The Balaban J connectivity index is 1.70. The van der Waals surface area contributed by atoms with Crippen molar-refractivity contribution in [1.82, 2.24) is 4.98 Å². The number of hydrogen-bond acceptors (Lipinski definition) is 6.